The molecular weight excluding hydrogens is 350 g/mol. The summed E-state index contributed by atoms with van der Waals surface area (Å²) in [5, 5.41) is 9.69. The van der Waals surface area contributed by atoms with Crippen molar-refractivity contribution >= 4 is 23.1 Å². The number of methoxy groups -OCH3 is 2. The van der Waals surface area contributed by atoms with Crippen molar-refractivity contribution in [3.05, 3.63) is 59.0 Å². The lowest BCUT2D eigenvalue weighted by molar-refractivity contribution is 0.251. The number of pyridine rings is 1. The van der Waals surface area contributed by atoms with Gasteiger partial charge in [0.25, 0.3) is 0 Å². The van der Waals surface area contributed by atoms with Gasteiger partial charge < -0.3 is 20.1 Å². The number of ether oxygens (including phenoxy) is 2. The van der Waals surface area contributed by atoms with E-state index in [0.717, 1.165) is 16.7 Å². The molecule has 0 fully saturated rings. The van der Waals surface area contributed by atoms with Gasteiger partial charge in [0, 0.05) is 24.5 Å². The van der Waals surface area contributed by atoms with E-state index >= 15 is 0 Å². The van der Waals surface area contributed by atoms with E-state index in [9.17, 15) is 4.79 Å². The summed E-state index contributed by atoms with van der Waals surface area (Å²) in [7, 11) is 3.08. The normalized spacial score (nSPS) is 10.2. The van der Waals surface area contributed by atoms with E-state index in [1.165, 1.54) is 7.11 Å². The van der Waals surface area contributed by atoms with Gasteiger partial charge in [-0.25, -0.2) is 4.79 Å². The summed E-state index contributed by atoms with van der Waals surface area (Å²) in [5.74, 6) is 1.03. The van der Waals surface area contributed by atoms with Crippen molar-refractivity contribution in [2.45, 2.75) is 6.54 Å². The van der Waals surface area contributed by atoms with E-state index in [1.807, 2.05) is 23.7 Å². The van der Waals surface area contributed by atoms with E-state index in [0.29, 0.717) is 23.7 Å². The topological polar surface area (TPSA) is 72.5 Å². The highest BCUT2D eigenvalue weighted by Gasteiger charge is 2.12. The second kappa shape index (κ2) is 8.35. The van der Waals surface area contributed by atoms with Crippen LogP contribution in [0.25, 0.3) is 11.1 Å². The average molecular weight is 369 g/mol. The molecule has 0 unspecified atom stereocenters. The highest BCUT2D eigenvalue weighted by atomic mass is 32.1. The van der Waals surface area contributed by atoms with E-state index in [1.54, 1.807) is 42.8 Å². The molecule has 2 aromatic heterocycles. The molecule has 0 aliphatic heterocycles. The molecule has 0 aliphatic rings. The third-order valence-electron chi connectivity index (χ3n) is 3.75. The van der Waals surface area contributed by atoms with Crippen LogP contribution < -0.4 is 20.1 Å². The van der Waals surface area contributed by atoms with Crippen LogP contribution in [0.1, 0.15) is 5.56 Å². The third kappa shape index (κ3) is 4.12. The second-order valence-electron chi connectivity index (χ2n) is 5.44. The predicted octanol–water partition coefficient (Wildman–Crippen LogP) is 4.15. The molecule has 0 spiro atoms. The van der Waals surface area contributed by atoms with Crippen molar-refractivity contribution in [1.82, 2.24) is 10.3 Å². The van der Waals surface area contributed by atoms with Gasteiger partial charge in [-0.05, 0) is 46.2 Å². The van der Waals surface area contributed by atoms with Crippen molar-refractivity contribution in [1.29, 1.82) is 0 Å². The van der Waals surface area contributed by atoms with Crippen molar-refractivity contribution in [3.63, 3.8) is 0 Å². The van der Waals surface area contributed by atoms with Crippen LogP contribution in [0.15, 0.2) is 53.5 Å². The summed E-state index contributed by atoms with van der Waals surface area (Å²) in [5.41, 5.74) is 3.60. The minimum Gasteiger partial charge on any atom is -0.493 e. The first-order chi connectivity index (χ1) is 12.7. The monoisotopic (exact) mass is 369 g/mol. The summed E-state index contributed by atoms with van der Waals surface area (Å²) in [6.07, 6.45) is 3.55. The van der Waals surface area contributed by atoms with Crippen LogP contribution in [-0.4, -0.2) is 25.2 Å². The Hall–Kier alpha value is -3.06. The fraction of sp³-hybridized carbons (Fsp3) is 0.158. The number of nitrogens with zero attached hydrogens (tertiary/aromatic N) is 1. The Bertz CT molecular complexity index is 881. The fourth-order valence-corrected chi connectivity index (χ4v) is 3.17. The molecule has 1 aromatic carbocycles. The molecule has 134 valence electrons. The van der Waals surface area contributed by atoms with Crippen LogP contribution in [0.5, 0.6) is 11.5 Å². The van der Waals surface area contributed by atoms with Gasteiger partial charge in [-0.2, -0.15) is 11.3 Å². The Kier molecular flexibility index (Phi) is 5.70. The first-order valence-corrected chi connectivity index (χ1v) is 8.88. The van der Waals surface area contributed by atoms with E-state index in [4.69, 9.17) is 9.47 Å². The van der Waals surface area contributed by atoms with Gasteiger partial charge >= 0.3 is 6.03 Å². The van der Waals surface area contributed by atoms with Gasteiger partial charge in [0.15, 0.2) is 11.5 Å². The largest absolute Gasteiger partial charge is 0.493 e. The fourth-order valence-electron chi connectivity index (χ4n) is 2.51. The van der Waals surface area contributed by atoms with E-state index in [-0.39, 0.29) is 6.03 Å². The lowest BCUT2D eigenvalue weighted by atomic mass is 10.1. The Morgan fingerprint density at radius 1 is 1.15 bits per heavy atom. The van der Waals surface area contributed by atoms with E-state index in [2.05, 4.69) is 21.0 Å². The van der Waals surface area contributed by atoms with Crippen LogP contribution in [0.3, 0.4) is 0 Å². The first kappa shape index (κ1) is 17.8. The summed E-state index contributed by atoms with van der Waals surface area (Å²) >= 11 is 1.64. The number of urea groups is 1. The molecule has 7 heteroatoms. The van der Waals surface area contributed by atoms with Crippen LogP contribution in [0.2, 0.25) is 0 Å². The maximum absolute atomic E-state index is 12.2. The molecular formula is C19H19N3O3S. The Labute approximate surface area is 155 Å². The lowest BCUT2D eigenvalue weighted by Crippen LogP contribution is -2.28. The number of hydrogen-bond acceptors (Lipinski definition) is 5. The standard InChI is InChI=1S/C19H19N3O3S/c1-24-17-5-3-4-16(18(17)25-2)22-19(23)21-10-13-8-15(11-20-9-13)14-6-7-26-12-14/h3-9,11-12H,10H2,1-2H3,(H2,21,22,23). The zero-order chi connectivity index (χ0) is 18.4. The number of carbonyl (C=O) groups excluding carboxylic acids is 1. The highest BCUT2D eigenvalue weighted by molar-refractivity contribution is 7.08. The highest BCUT2D eigenvalue weighted by Crippen LogP contribution is 2.34. The minimum atomic E-state index is -0.336. The van der Waals surface area contributed by atoms with Gasteiger partial charge in [0.05, 0.1) is 19.9 Å². The number of rotatable bonds is 6. The van der Waals surface area contributed by atoms with Gasteiger partial charge in [-0.1, -0.05) is 6.07 Å². The number of anilines is 1. The van der Waals surface area contributed by atoms with Gasteiger partial charge in [0.1, 0.15) is 0 Å². The quantitative estimate of drug-likeness (QED) is 0.685. The molecule has 0 bridgehead atoms. The number of benzene rings is 1. The number of thiophene rings is 1. The zero-order valence-electron chi connectivity index (χ0n) is 14.5. The molecule has 26 heavy (non-hydrogen) atoms. The van der Waals surface area contributed by atoms with Gasteiger partial charge in [0.2, 0.25) is 0 Å². The van der Waals surface area contributed by atoms with Crippen molar-refractivity contribution < 1.29 is 14.3 Å². The maximum Gasteiger partial charge on any atom is 0.319 e. The van der Waals surface area contributed by atoms with E-state index < -0.39 is 0 Å². The van der Waals surface area contributed by atoms with Crippen LogP contribution in [0.4, 0.5) is 10.5 Å². The lowest BCUT2D eigenvalue weighted by Gasteiger charge is -2.14. The average Bonchev–Trinajstić information content (AvgIpc) is 3.21. The Balaban J connectivity index is 1.64. The molecule has 2 amide bonds. The predicted molar refractivity (Wildman–Crippen MR) is 103 cm³/mol. The smallest absolute Gasteiger partial charge is 0.319 e. The number of hydrogen-bond donors (Lipinski definition) is 2. The molecule has 3 rings (SSSR count). The van der Waals surface area contributed by atoms with Crippen LogP contribution in [0, 0.1) is 0 Å². The number of carbonyl (C=O) groups is 1. The number of nitrogens with one attached hydrogen (secondary N) is 2. The van der Waals surface area contributed by atoms with Crippen molar-refractivity contribution in [2.24, 2.45) is 0 Å². The summed E-state index contributed by atoms with van der Waals surface area (Å²) in [6, 6.07) is 9.02. The molecule has 0 saturated heterocycles. The summed E-state index contributed by atoms with van der Waals surface area (Å²) in [6.45, 7) is 0.364. The van der Waals surface area contributed by atoms with Crippen molar-refractivity contribution in [3.8, 4) is 22.6 Å². The molecule has 0 aliphatic carbocycles. The van der Waals surface area contributed by atoms with Crippen LogP contribution >= 0.6 is 11.3 Å². The van der Waals surface area contributed by atoms with Crippen molar-refractivity contribution in [2.75, 3.05) is 19.5 Å². The van der Waals surface area contributed by atoms with Crippen LogP contribution in [-0.2, 0) is 6.54 Å². The molecule has 0 saturated carbocycles. The third-order valence-corrected chi connectivity index (χ3v) is 4.44. The van der Waals surface area contributed by atoms with Gasteiger partial charge in [-0.3, -0.25) is 4.98 Å². The maximum atomic E-state index is 12.2. The SMILES string of the molecule is COc1cccc(NC(=O)NCc2cncc(-c3ccsc3)c2)c1OC. The molecule has 2 heterocycles. The van der Waals surface area contributed by atoms with Gasteiger partial charge in [-0.15, -0.1) is 0 Å². The Morgan fingerprint density at radius 2 is 2.04 bits per heavy atom. The molecule has 0 radical (unpaired) electrons. The number of para-hydroxylation sites is 1. The molecule has 3 aromatic rings. The molecule has 2 N–H and O–H groups in total. The molecule has 6 nitrogen and oxygen atoms in total. The summed E-state index contributed by atoms with van der Waals surface area (Å²) in [4.78, 5) is 16.5. The second-order valence-corrected chi connectivity index (χ2v) is 6.22. The number of amides is 2. The summed E-state index contributed by atoms with van der Waals surface area (Å²) < 4.78 is 10.5. The minimum absolute atomic E-state index is 0.336. The Morgan fingerprint density at radius 3 is 2.77 bits per heavy atom. The first-order valence-electron chi connectivity index (χ1n) is 7.93. The zero-order valence-corrected chi connectivity index (χ0v) is 15.3. The number of aromatic nitrogens is 1. The molecule has 0 atom stereocenters.